The normalized spacial score (nSPS) is 19.5. The lowest BCUT2D eigenvalue weighted by atomic mass is 9.49. The molecule has 5 N–H and O–H groups in total. The van der Waals surface area contributed by atoms with Crippen LogP contribution >= 0.6 is 15.9 Å². The Labute approximate surface area is 724 Å². The molecule has 8 heterocycles. The van der Waals surface area contributed by atoms with Crippen LogP contribution in [0, 0.1) is 55.1 Å². The number of benzene rings is 5. The molecule has 39 heteroatoms. The van der Waals surface area contributed by atoms with Crippen molar-refractivity contribution < 1.29 is 94.1 Å². The van der Waals surface area contributed by atoms with Gasteiger partial charge in [-0.1, -0.05) is 22.0 Å². The quantitative estimate of drug-likeness (QED) is 0.0280. The highest BCUT2D eigenvalue weighted by Crippen LogP contribution is 2.44. The molecule has 0 radical (unpaired) electrons. The fourth-order valence-corrected chi connectivity index (χ4v) is 13.1. The van der Waals surface area contributed by atoms with Crippen molar-refractivity contribution in [1.82, 2.24) is 30.7 Å². The second kappa shape index (κ2) is 42.1. The molecule has 0 spiro atoms. The van der Waals surface area contributed by atoms with Crippen molar-refractivity contribution in [3.05, 3.63) is 151 Å². The number of nitrogens with one attached hydrogen (secondary N) is 3. The fraction of sp³-hybridized carbons (Fsp3) is 0.602. The van der Waals surface area contributed by atoms with Crippen molar-refractivity contribution in [3.8, 4) is 0 Å². The van der Waals surface area contributed by atoms with Crippen LogP contribution in [0.15, 0.2) is 95.5 Å². The van der Waals surface area contributed by atoms with Crippen molar-refractivity contribution in [1.29, 1.82) is 0 Å². The van der Waals surface area contributed by atoms with Gasteiger partial charge in [-0.05, 0) is 212 Å². The summed E-state index contributed by atoms with van der Waals surface area (Å²) in [5.41, 5.74) is 4.43. The molecule has 5 aromatic carbocycles. The minimum atomic E-state index is -1.21. The number of hydrogen-bond acceptors (Lipinski definition) is 24. The summed E-state index contributed by atoms with van der Waals surface area (Å²) in [4.78, 5) is 67.4. The summed E-state index contributed by atoms with van der Waals surface area (Å²) in [5, 5.41) is 30.3. The molecule has 13 rings (SSSR count). The van der Waals surface area contributed by atoms with Gasteiger partial charge in [0, 0.05) is 155 Å². The number of nitro benzene ring substituents is 2. The molecule has 0 saturated carbocycles. The maximum absolute atomic E-state index is 14.5. The number of hydrogen-bond donors (Lipinski definition) is 4. The van der Waals surface area contributed by atoms with Crippen LogP contribution in [0.2, 0.25) is 0 Å². The zero-order chi connectivity index (χ0) is 91.1. The average Bonchev–Trinajstić information content (AvgIpc) is 1.58. The molecule has 122 heavy (non-hydrogen) atoms. The molecular weight excluding hydrogens is 1660 g/mol. The minimum Gasteiger partial charge on any atom is -0.444 e. The largest absolute Gasteiger partial charge is 0.494 e. The molecule has 3 amide bonds. The number of nitrogen functional groups attached to an aromatic ring is 1. The molecular formula is C83H125B3BrF6N13O16. The Bertz CT molecular complexity index is 4270. The fourth-order valence-electron chi connectivity index (χ4n) is 12.8. The number of halogens is 7. The number of rotatable bonds is 8. The third kappa shape index (κ3) is 29.1. The van der Waals surface area contributed by atoms with Crippen molar-refractivity contribution in [3.63, 3.8) is 0 Å². The SMILES string of the molecule is CC(C)(C)OC(=O)N1CCN(c2ccc(N)cc2F)CC1.CC(C)(C)OC(=O)N1CCN(c2ccc([N+](=O)[O-])cc2F)CC1.CC(C)(C)OC(=O)N1CCNCC1.CC1(C)OB(B2OC(C)(C)C(C)(C)O2)OC1(C)C.CC1(C)OB(c2ccc(N3CCNCC3)c(F)c2)OC1(C)C.Fc1cc(Br)ccc1N1CCNCC1.O=[N+]([O-])c1ccc(F)c(F)c1.[HH]. The Morgan fingerprint density at radius 2 is 0.680 bits per heavy atom. The van der Waals surface area contributed by atoms with E-state index < -0.39 is 76.5 Å². The van der Waals surface area contributed by atoms with Crippen LogP contribution < -0.4 is 46.7 Å². The number of anilines is 5. The first-order chi connectivity index (χ1) is 56.5. The molecule has 5 aromatic rings. The molecule has 8 aliphatic rings. The third-order valence-corrected chi connectivity index (χ3v) is 22.1. The van der Waals surface area contributed by atoms with Crippen LogP contribution in [0.3, 0.4) is 0 Å². The van der Waals surface area contributed by atoms with Gasteiger partial charge < -0.3 is 98.1 Å². The molecule has 8 aliphatic heterocycles. The molecule has 8 fully saturated rings. The Hall–Kier alpha value is -8.40. The van der Waals surface area contributed by atoms with Crippen LogP contribution in [0.25, 0.3) is 0 Å². The van der Waals surface area contributed by atoms with Crippen LogP contribution in [0.4, 0.5) is 80.5 Å². The van der Waals surface area contributed by atoms with Crippen molar-refractivity contribution in [2.45, 2.75) is 196 Å². The predicted octanol–water partition coefficient (Wildman–Crippen LogP) is 14.0. The lowest BCUT2D eigenvalue weighted by molar-refractivity contribution is -0.385. The minimum absolute atomic E-state index is 0. The Morgan fingerprint density at radius 3 is 1.01 bits per heavy atom. The predicted molar refractivity (Wildman–Crippen MR) is 468 cm³/mol. The number of non-ortho nitro benzene ring substituents is 2. The molecule has 0 bridgehead atoms. The van der Waals surface area contributed by atoms with Gasteiger partial charge in [-0.2, -0.15) is 0 Å². The number of nitrogens with zero attached hydrogens (tertiary/aromatic N) is 9. The number of nitro groups is 2. The highest BCUT2D eigenvalue weighted by atomic mass is 79.9. The van der Waals surface area contributed by atoms with Gasteiger partial charge in [-0.25, -0.2) is 40.7 Å². The number of ether oxygens (including phenoxy) is 3. The van der Waals surface area contributed by atoms with E-state index in [1.54, 1.807) is 58.6 Å². The van der Waals surface area contributed by atoms with E-state index in [2.05, 4.69) is 41.7 Å². The number of nitrogens with two attached hydrogens (primary N) is 1. The Balaban J connectivity index is 0.000000225. The van der Waals surface area contributed by atoms with E-state index in [1.807, 2.05) is 154 Å². The highest BCUT2D eigenvalue weighted by Gasteiger charge is 2.64. The monoisotopic (exact) mass is 1790 g/mol. The summed E-state index contributed by atoms with van der Waals surface area (Å²) >= 11 is 3.25. The van der Waals surface area contributed by atoms with E-state index >= 15 is 0 Å². The summed E-state index contributed by atoms with van der Waals surface area (Å²) in [6.45, 7) is 54.9. The second-order valence-electron chi connectivity index (χ2n) is 36.2. The van der Waals surface area contributed by atoms with E-state index in [-0.39, 0.29) is 70.9 Å². The van der Waals surface area contributed by atoms with E-state index in [4.69, 9.17) is 47.9 Å². The van der Waals surface area contributed by atoms with Gasteiger partial charge in [0.1, 0.15) is 34.3 Å². The summed E-state index contributed by atoms with van der Waals surface area (Å²) in [6, 6.07) is 20.9. The summed E-state index contributed by atoms with van der Waals surface area (Å²) < 4.78 is 133. The topological polar surface area (TPSA) is 305 Å². The van der Waals surface area contributed by atoms with Gasteiger partial charge in [0.2, 0.25) is 0 Å². The number of amides is 3. The summed E-state index contributed by atoms with van der Waals surface area (Å²) in [5.74, 6) is -3.63. The average molecular weight is 1790 g/mol. The molecule has 29 nitrogen and oxygen atoms in total. The number of piperazine rings is 5. The van der Waals surface area contributed by atoms with E-state index in [1.165, 1.54) is 24.3 Å². The Morgan fingerprint density at radius 1 is 0.393 bits per heavy atom. The van der Waals surface area contributed by atoms with E-state index in [0.717, 1.165) is 101 Å². The van der Waals surface area contributed by atoms with Crippen LogP contribution in [0.5, 0.6) is 0 Å². The van der Waals surface area contributed by atoms with Gasteiger partial charge in [-0.15, -0.1) is 0 Å². The van der Waals surface area contributed by atoms with E-state index in [0.29, 0.717) is 92.9 Å². The van der Waals surface area contributed by atoms with Gasteiger partial charge in [0.05, 0.1) is 78.3 Å². The highest BCUT2D eigenvalue weighted by molar-refractivity contribution is 9.10. The van der Waals surface area contributed by atoms with Gasteiger partial charge in [0.25, 0.3) is 11.4 Å². The van der Waals surface area contributed by atoms with Crippen molar-refractivity contribution in [2.75, 3.05) is 156 Å². The maximum Gasteiger partial charge on any atom is 0.494 e. The lowest BCUT2D eigenvalue weighted by Crippen LogP contribution is -2.50. The van der Waals surface area contributed by atoms with E-state index in [9.17, 15) is 61.0 Å². The third-order valence-electron chi connectivity index (χ3n) is 21.6. The van der Waals surface area contributed by atoms with Crippen LogP contribution in [0.1, 0.15) is 147 Å². The van der Waals surface area contributed by atoms with Crippen LogP contribution in [-0.4, -0.2) is 245 Å². The van der Waals surface area contributed by atoms with Gasteiger partial charge >= 0.3 is 39.4 Å². The van der Waals surface area contributed by atoms with Crippen LogP contribution in [-0.2, 0) is 42.1 Å². The van der Waals surface area contributed by atoms with Crippen molar-refractivity contribution in [2.24, 2.45) is 0 Å². The summed E-state index contributed by atoms with van der Waals surface area (Å²) in [6.07, 6.45) is -0.907. The Kier molecular flexibility index (Phi) is 34.7. The van der Waals surface area contributed by atoms with Crippen molar-refractivity contribution >= 4 is 101 Å². The zero-order valence-electron chi connectivity index (χ0n) is 74.3. The first-order valence-electron chi connectivity index (χ1n) is 40.9. The first-order valence-corrected chi connectivity index (χ1v) is 41.7. The number of carbonyl (C=O) groups is 3. The maximum atomic E-state index is 14.5. The molecule has 8 saturated heterocycles. The number of carbonyl (C=O) groups excluding carboxylic acids is 3. The standard InChI is InChI=1S/C16H24BFN2O2.C15H20FN3O4.C15H22FN3O2.C12H24B2O4.C10H12BrFN2.C9H18N2O2.C6H3F2NO2.H2/c1-15(2)16(3,4)22-17(21-15)12-5-6-14(13(18)11-12)20-9-7-19-8-10-20;1-15(2,3)23-14(20)18-8-6-17(7-9-18)13-5-4-11(19(21)22)10-12(13)16;1-15(2,3)21-14(20)19-8-6-18(7-9-19)13-5-4-11(17)10-12(13)16;1-9(2)10(3,4)16-13(15-9)14-17-11(5,6)12(7,8)18-14;11-8-1-2-10(9(12)7-8)14-5-3-13-4-6-14;1-9(2,3)13-8(12)11-6-4-10-5-7-11;7-5-2-1-4(9(10)11)3-6(5)8;/h5-6,11,19H,7-10H2,1-4H3;4-5,10H,6-9H2,1-3H3;4-5,10H,6-9,17H2,1-3H3;1-8H3;1-2,7,13H,3-6H2;10H,4-7H2,1-3H3;1-3H;1H. The molecule has 0 atom stereocenters. The first kappa shape index (κ1) is 101. The molecule has 0 aromatic heterocycles. The molecule has 0 unspecified atom stereocenters. The molecule has 676 valence electrons. The van der Waals surface area contributed by atoms with Gasteiger partial charge in [0.15, 0.2) is 17.5 Å². The van der Waals surface area contributed by atoms with Gasteiger partial charge in [-0.3, -0.25) is 20.2 Å². The lowest BCUT2D eigenvalue weighted by Gasteiger charge is -2.36. The zero-order valence-corrected chi connectivity index (χ0v) is 75.9. The summed E-state index contributed by atoms with van der Waals surface area (Å²) in [7, 11) is -1.47. The smallest absolute Gasteiger partial charge is 0.444 e. The molecule has 0 aliphatic carbocycles. The second-order valence-corrected chi connectivity index (χ2v) is 37.1.